The van der Waals surface area contributed by atoms with E-state index in [9.17, 15) is 0 Å². The van der Waals surface area contributed by atoms with E-state index in [0.717, 1.165) is 11.9 Å². The summed E-state index contributed by atoms with van der Waals surface area (Å²) >= 11 is 5.27. The van der Waals surface area contributed by atoms with Crippen LogP contribution in [0.2, 0.25) is 0 Å². The summed E-state index contributed by atoms with van der Waals surface area (Å²) in [5, 5.41) is 1.09. The Morgan fingerprint density at radius 2 is 2.06 bits per heavy atom. The Bertz CT molecular complexity index is 291. The minimum absolute atomic E-state index is 1.08. The van der Waals surface area contributed by atoms with Crippen LogP contribution in [0.3, 0.4) is 0 Å². The highest BCUT2D eigenvalue weighted by Gasteiger charge is 2.14. The molecule has 1 fully saturated rings. The van der Waals surface area contributed by atoms with E-state index in [1.807, 2.05) is 11.7 Å². The molecule has 2 heterocycles. The minimum atomic E-state index is 1.08. The molecule has 3 nitrogen and oxygen atoms in total. The number of aromatic nitrogens is 1. The highest BCUT2D eigenvalue weighted by Crippen LogP contribution is 2.12. The molecule has 1 aliphatic heterocycles. The van der Waals surface area contributed by atoms with E-state index in [4.69, 9.17) is 0 Å². The number of halogens is 1. The lowest BCUT2D eigenvalue weighted by atomic mass is 10.3. The standard InChI is InChI=1S/C11H18BrN3S/c12-2-5-14-3-1-4-15(7-6-14)9-11-8-13-10-16-11/h8,10H,1-7,9H2. The Morgan fingerprint density at radius 3 is 2.81 bits per heavy atom. The third kappa shape index (κ3) is 3.80. The maximum Gasteiger partial charge on any atom is 0.0794 e. The van der Waals surface area contributed by atoms with Gasteiger partial charge in [0.25, 0.3) is 0 Å². The molecule has 0 radical (unpaired) electrons. The summed E-state index contributed by atoms with van der Waals surface area (Å²) in [5.74, 6) is 0. The first kappa shape index (κ1) is 12.5. The molecule has 1 aromatic heterocycles. The lowest BCUT2D eigenvalue weighted by Gasteiger charge is -2.20. The quantitative estimate of drug-likeness (QED) is 0.794. The predicted molar refractivity (Wildman–Crippen MR) is 72.2 cm³/mol. The van der Waals surface area contributed by atoms with Crippen molar-refractivity contribution in [2.45, 2.75) is 13.0 Å². The molecule has 0 aromatic carbocycles. The van der Waals surface area contributed by atoms with Gasteiger partial charge in [-0.1, -0.05) is 15.9 Å². The Labute approximate surface area is 110 Å². The smallest absolute Gasteiger partial charge is 0.0794 e. The largest absolute Gasteiger partial charge is 0.301 e. The van der Waals surface area contributed by atoms with Crippen LogP contribution in [0.15, 0.2) is 11.7 Å². The van der Waals surface area contributed by atoms with E-state index >= 15 is 0 Å². The van der Waals surface area contributed by atoms with Crippen LogP contribution >= 0.6 is 27.3 Å². The highest BCUT2D eigenvalue weighted by molar-refractivity contribution is 9.09. The second-order valence-electron chi connectivity index (χ2n) is 4.13. The number of alkyl halides is 1. The molecule has 0 spiro atoms. The molecular weight excluding hydrogens is 286 g/mol. The fraction of sp³-hybridized carbons (Fsp3) is 0.727. The van der Waals surface area contributed by atoms with E-state index in [0.29, 0.717) is 0 Å². The normalized spacial score (nSPS) is 19.8. The van der Waals surface area contributed by atoms with Gasteiger partial charge in [-0.15, -0.1) is 11.3 Å². The van der Waals surface area contributed by atoms with Crippen LogP contribution in [0.4, 0.5) is 0 Å². The molecule has 16 heavy (non-hydrogen) atoms. The molecule has 0 saturated carbocycles. The van der Waals surface area contributed by atoms with Crippen LogP contribution in [0.5, 0.6) is 0 Å². The van der Waals surface area contributed by atoms with Gasteiger partial charge in [-0.05, 0) is 19.5 Å². The Morgan fingerprint density at radius 1 is 1.25 bits per heavy atom. The molecule has 1 aliphatic rings. The number of hydrogen-bond donors (Lipinski definition) is 0. The zero-order chi connectivity index (χ0) is 11.2. The first-order chi connectivity index (χ1) is 7.88. The Hall–Kier alpha value is 0.0300. The number of nitrogens with zero attached hydrogens (tertiary/aromatic N) is 3. The van der Waals surface area contributed by atoms with Crippen LogP contribution in [-0.2, 0) is 6.54 Å². The van der Waals surface area contributed by atoms with Gasteiger partial charge < -0.3 is 4.90 Å². The number of rotatable bonds is 4. The summed E-state index contributed by atoms with van der Waals surface area (Å²) in [6, 6.07) is 0. The lowest BCUT2D eigenvalue weighted by Crippen LogP contribution is -2.31. The Kier molecular flexibility index (Phi) is 5.22. The van der Waals surface area contributed by atoms with Gasteiger partial charge in [0, 0.05) is 42.6 Å². The van der Waals surface area contributed by atoms with Crippen molar-refractivity contribution in [1.29, 1.82) is 0 Å². The van der Waals surface area contributed by atoms with E-state index in [1.165, 1.54) is 44.0 Å². The molecule has 1 aromatic rings. The molecule has 0 amide bonds. The third-order valence-corrected chi connectivity index (χ3v) is 4.06. The molecule has 2 rings (SSSR count). The zero-order valence-electron chi connectivity index (χ0n) is 9.44. The maximum atomic E-state index is 4.13. The molecule has 1 saturated heterocycles. The SMILES string of the molecule is BrCCN1CCCN(Cc2cncs2)CC1. The molecule has 0 atom stereocenters. The summed E-state index contributed by atoms with van der Waals surface area (Å²) in [6.45, 7) is 7.10. The highest BCUT2D eigenvalue weighted by atomic mass is 79.9. The average Bonchev–Trinajstić information content (AvgIpc) is 2.68. The fourth-order valence-corrected chi connectivity index (χ4v) is 3.20. The van der Waals surface area contributed by atoms with Gasteiger partial charge in [0.05, 0.1) is 5.51 Å². The van der Waals surface area contributed by atoms with Crippen molar-refractivity contribution in [3.63, 3.8) is 0 Å². The van der Waals surface area contributed by atoms with Crippen molar-refractivity contribution in [2.24, 2.45) is 0 Å². The first-order valence-electron chi connectivity index (χ1n) is 5.76. The van der Waals surface area contributed by atoms with Crippen molar-refractivity contribution in [2.75, 3.05) is 38.1 Å². The predicted octanol–water partition coefficient (Wildman–Crippen LogP) is 2.05. The summed E-state index contributed by atoms with van der Waals surface area (Å²) in [4.78, 5) is 10.6. The van der Waals surface area contributed by atoms with Gasteiger partial charge in [-0.3, -0.25) is 9.88 Å². The van der Waals surface area contributed by atoms with Gasteiger partial charge in [-0.25, -0.2) is 0 Å². The molecule has 0 bridgehead atoms. The van der Waals surface area contributed by atoms with Crippen LogP contribution < -0.4 is 0 Å². The van der Waals surface area contributed by atoms with Gasteiger partial charge >= 0.3 is 0 Å². The van der Waals surface area contributed by atoms with Crippen molar-refractivity contribution < 1.29 is 0 Å². The topological polar surface area (TPSA) is 19.4 Å². The third-order valence-electron chi connectivity index (χ3n) is 2.94. The van der Waals surface area contributed by atoms with Crippen molar-refractivity contribution >= 4 is 27.3 Å². The maximum absolute atomic E-state index is 4.13. The Balaban J connectivity index is 1.80. The molecule has 0 unspecified atom stereocenters. The van der Waals surface area contributed by atoms with Gasteiger partial charge in [0.2, 0.25) is 0 Å². The van der Waals surface area contributed by atoms with Gasteiger partial charge in [0.15, 0.2) is 0 Å². The van der Waals surface area contributed by atoms with E-state index in [-0.39, 0.29) is 0 Å². The van der Waals surface area contributed by atoms with Gasteiger partial charge in [0.1, 0.15) is 0 Å². The molecule has 0 N–H and O–H groups in total. The lowest BCUT2D eigenvalue weighted by molar-refractivity contribution is 0.260. The van der Waals surface area contributed by atoms with Crippen LogP contribution in [0, 0.1) is 0 Å². The molecular formula is C11H18BrN3S. The second kappa shape index (κ2) is 6.69. The molecule has 5 heteroatoms. The molecule has 0 aliphatic carbocycles. The zero-order valence-corrected chi connectivity index (χ0v) is 11.8. The summed E-state index contributed by atoms with van der Waals surface area (Å²) < 4.78 is 0. The van der Waals surface area contributed by atoms with E-state index < -0.39 is 0 Å². The van der Waals surface area contributed by atoms with Crippen molar-refractivity contribution in [3.05, 3.63) is 16.6 Å². The minimum Gasteiger partial charge on any atom is -0.301 e. The van der Waals surface area contributed by atoms with E-state index in [2.05, 4.69) is 30.7 Å². The summed E-state index contributed by atoms with van der Waals surface area (Å²) in [7, 11) is 0. The van der Waals surface area contributed by atoms with Crippen molar-refractivity contribution in [3.8, 4) is 0 Å². The number of thiazole rings is 1. The van der Waals surface area contributed by atoms with Crippen molar-refractivity contribution in [1.82, 2.24) is 14.8 Å². The fourth-order valence-electron chi connectivity index (χ4n) is 2.07. The first-order valence-corrected chi connectivity index (χ1v) is 7.76. The summed E-state index contributed by atoms with van der Waals surface area (Å²) in [6.07, 6.45) is 3.28. The second-order valence-corrected chi connectivity index (χ2v) is 5.89. The number of hydrogen-bond acceptors (Lipinski definition) is 4. The van der Waals surface area contributed by atoms with Crippen LogP contribution in [0.1, 0.15) is 11.3 Å². The van der Waals surface area contributed by atoms with Crippen LogP contribution in [0.25, 0.3) is 0 Å². The van der Waals surface area contributed by atoms with Crippen LogP contribution in [-0.4, -0.2) is 52.8 Å². The van der Waals surface area contributed by atoms with Gasteiger partial charge in [-0.2, -0.15) is 0 Å². The van der Waals surface area contributed by atoms with E-state index in [1.54, 1.807) is 11.3 Å². The average molecular weight is 304 g/mol. The molecule has 90 valence electrons. The monoisotopic (exact) mass is 303 g/mol. The summed E-state index contributed by atoms with van der Waals surface area (Å²) in [5.41, 5.74) is 1.92.